The van der Waals surface area contributed by atoms with Crippen LogP contribution in [0.25, 0.3) is 0 Å². The molecule has 6 heteroatoms. The van der Waals surface area contributed by atoms with Crippen molar-refractivity contribution < 1.29 is 0 Å². The fourth-order valence-electron chi connectivity index (χ4n) is 2.14. The fourth-order valence-corrected chi connectivity index (χ4v) is 2.14. The SMILES string of the molecule is C1CCCCCC/N=N/N=N/N=N/CCCCCC1. The molecule has 0 aromatic rings. The number of hydrogen-bond donors (Lipinski definition) is 0. The van der Waals surface area contributed by atoms with Crippen molar-refractivity contribution in [1.82, 2.24) is 0 Å². The van der Waals surface area contributed by atoms with E-state index in [2.05, 4.69) is 31.1 Å². The molecule has 0 atom stereocenters. The highest BCUT2D eigenvalue weighted by atomic mass is 15.6. The van der Waals surface area contributed by atoms with Gasteiger partial charge in [-0.3, -0.25) is 0 Å². The smallest absolute Gasteiger partial charge is 0.0621 e. The van der Waals surface area contributed by atoms with E-state index in [1.54, 1.807) is 0 Å². The van der Waals surface area contributed by atoms with Gasteiger partial charge in [0.15, 0.2) is 0 Å². The Morgan fingerprint density at radius 1 is 0.316 bits per heavy atom. The van der Waals surface area contributed by atoms with Crippen LogP contribution in [0.15, 0.2) is 31.1 Å². The molecule has 0 fully saturated rings. The molecule has 0 aromatic heterocycles. The summed E-state index contributed by atoms with van der Waals surface area (Å²) in [6, 6.07) is 0. The van der Waals surface area contributed by atoms with Gasteiger partial charge in [0.2, 0.25) is 0 Å². The van der Waals surface area contributed by atoms with Gasteiger partial charge in [-0.05, 0) is 33.7 Å². The molecule has 0 aliphatic carbocycles. The first kappa shape index (κ1) is 15.9. The van der Waals surface area contributed by atoms with Crippen molar-refractivity contribution >= 4 is 0 Å². The highest BCUT2D eigenvalue weighted by molar-refractivity contribution is 4.50. The predicted molar refractivity (Wildman–Crippen MR) is 75.1 cm³/mol. The minimum absolute atomic E-state index is 0.732. The minimum atomic E-state index is 0.732. The second-order valence-corrected chi connectivity index (χ2v) is 4.98. The van der Waals surface area contributed by atoms with E-state index in [9.17, 15) is 0 Å². The highest BCUT2D eigenvalue weighted by Crippen LogP contribution is 2.11. The zero-order valence-electron chi connectivity index (χ0n) is 11.9. The van der Waals surface area contributed by atoms with E-state index in [0.717, 1.165) is 25.9 Å². The molecular formula is C13H26N6. The summed E-state index contributed by atoms with van der Waals surface area (Å²) >= 11 is 0. The van der Waals surface area contributed by atoms with Crippen molar-refractivity contribution in [3.8, 4) is 0 Å². The Morgan fingerprint density at radius 3 is 1.00 bits per heavy atom. The monoisotopic (exact) mass is 266 g/mol. The summed E-state index contributed by atoms with van der Waals surface area (Å²) in [5.74, 6) is 0. The van der Waals surface area contributed by atoms with Crippen molar-refractivity contribution in [3.05, 3.63) is 0 Å². The summed E-state index contributed by atoms with van der Waals surface area (Å²) < 4.78 is 0. The Labute approximate surface area is 115 Å². The third-order valence-electron chi connectivity index (χ3n) is 3.26. The number of nitrogens with zero attached hydrogens (tertiary/aromatic N) is 6. The Morgan fingerprint density at radius 2 is 0.632 bits per heavy atom. The predicted octanol–water partition coefficient (Wildman–Crippen LogP) is 5.48. The summed E-state index contributed by atoms with van der Waals surface area (Å²) in [5, 5.41) is 21.9. The quantitative estimate of drug-likeness (QED) is 0.557. The standard InChI is InChI=1S/C13H26N6/c1-2-4-6-8-10-12-14-16-18-19-17-15-13-11-9-7-5-3-1/h1-13H2/b16-14+,17-15+,19-18+. The lowest BCUT2D eigenvalue weighted by molar-refractivity contribution is 0.546. The van der Waals surface area contributed by atoms with E-state index in [-0.39, 0.29) is 0 Å². The van der Waals surface area contributed by atoms with Crippen LogP contribution >= 0.6 is 0 Å². The maximum Gasteiger partial charge on any atom is 0.0621 e. The van der Waals surface area contributed by atoms with Crippen molar-refractivity contribution in [2.75, 3.05) is 13.1 Å². The Bertz CT molecular complexity index is 248. The van der Waals surface area contributed by atoms with E-state index in [0.29, 0.717) is 0 Å². The van der Waals surface area contributed by atoms with Crippen LogP contribution in [0, 0.1) is 0 Å². The first-order chi connectivity index (χ1) is 9.50. The Kier molecular flexibility index (Phi) is 11.0. The fraction of sp³-hybridized carbons (Fsp3) is 1.00. The summed E-state index contributed by atoms with van der Waals surface area (Å²) in [4.78, 5) is 0. The van der Waals surface area contributed by atoms with E-state index in [4.69, 9.17) is 0 Å². The van der Waals surface area contributed by atoms with Crippen molar-refractivity contribution in [2.24, 2.45) is 31.1 Å². The highest BCUT2D eigenvalue weighted by Gasteiger charge is 1.93. The molecule has 0 bridgehead atoms. The van der Waals surface area contributed by atoms with Gasteiger partial charge >= 0.3 is 0 Å². The minimum Gasteiger partial charge on any atom is -0.167 e. The van der Waals surface area contributed by atoms with Gasteiger partial charge in [0.05, 0.1) is 13.1 Å². The molecular weight excluding hydrogens is 240 g/mol. The Hall–Kier alpha value is -1.20. The molecule has 0 amide bonds. The van der Waals surface area contributed by atoms with Crippen LogP contribution in [0.4, 0.5) is 0 Å². The van der Waals surface area contributed by atoms with Crippen LogP contribution in [0.5, 0.6) is 0 Å². The molecule has 19 heavy (non-hydrogen) atoms. The van der Waals surface area contributed by atoms with Gasteiger partial charge in [-0.15, -0.1) is 0 Å². The molecule has 0 radical (unpaired) electrons. The molecule has 0 unspecified atom stereocenters. The molecule has 1 heterocycles. The van der Waals surface area contributed by atoms with E-state index in [1.807, 2.05) is 0 Å². The van der Waals surface area contributed by atoms with Crippen LogP contribution in [0.3, 0.4) is 0 Å². The maximum atomic E-state index is 3.91. The maximum absolute atomic E-state index is 3.91. The van der Waals surface area contributed by atoms with Crippen LogP contribution in [-0.2, 0) is 0 Å². The van der Waals surface area contributed by atoms with E-state index in [1.165, 1.54) is 57.8 Å². The molecule has 1 aliphatic rings. The first-order valence-electron chi connectivity index (χ1n) is 7.63. The third kappa shape index (κ3) is 11.6. The summed E-state index contributed by atoms with van der Waals surface area (Å²) in [6.07, 6.45) is 14.1. The topological polar surface area (TPSA) is 74.2 Å². The second kappa shape index (κ2) is 13.2. The summed E-state index contributed by atoms with van der Waals surface area (Å²) in [5.41, 5.74) is 0. The number of rotatable bonds is 0. The summed E-state index contributed by atoms with van der Waals surface area (Å²) in [6.45, 7) is 1.46. The molecule has 0 saturated heterocycles. The Balaban J connectivity index is 2.19. The molecule has 0 spiro atoms. The molecule has 0 N–H and O–H groups in total. The lowest BCUT2D eigenvalue weighted by Crippen LogP contribution is -1.84. The van der Waals surface area contributed by atoms with Gasteiger partial charge in [0, 0.05) is 0 Å². The van der Waals surface area contributed by atoms with Gasteiger partial charge in [-0.1, -0.05) is 57.8 Å². The van der Waals surface area contributed by atoms with Crippen LogP contribution in [-0.4, -0.2) is 13.1 Å². The molecule has 1 rings (SSSR count). The van der Waals surface area contributed by atoms with Crippen LogP contribution < -0.4 is 0 Å². The van der Waals surface area contributed by atoms with Crippen molar-refractivity contribution in [1.29, 1.82) is 0 Å². The van der Waals surface area contributed by atoms with Crippen molar-refractivity contribution in [3.63, 3.8) is 0 Å². The van der Waals surface area contributed by atoms with Gasteiger partial charge in [0.1, 0.15) is 0 Å². The largest absolute Gasteiger partial charge is 0.167 e. The zero-order valence-corrected chi connectivity index (χ0v) is 11.9. The molecule has 0 saturated carbocycles. The van der Waals surface area contributed by atoms with E-state index < -0.39 is 0 Å². The van der Waals surface area contributed by atoms with Gasteiger partial charge in [-0.25, -0.2) is 0 Å². The lowest BCUT2D eigenvalue weighted by atomic mass is 10.1. The zero-order chi connectivity index (χ0) is 13.4. The van der Waals surface area contributed by atoms with Crippen LogP contribution in [0.2, 0.25) is 0 Å². The van der Waals surface area contributed by atoms with Gasteiger partial charge in [-0.2, -0.15) is 10.2 Å². The third-order valence-corrected chi connectivity index (χ3v) is 3.26. The van der Waals surface area contributed by atoms with Crippen LogP contribution in [0.1, 0.15) is 70.6 Å². The molecule has 0 aromatic carbocycles. The summed E-state index contributed by atoms with van der Waals surface area (Å²) in [7, 11) is 0. The normalized spacial score (nSPS) is 26.5. The van der Waals surface area contributed by atoms with Gasteiger partial charge in [0.25, 0.3) is 0 Å². The van der Waals surface area contributed by atoms with E-state index >= 15 is 0 Å². The number of hydrogen-bond acceptors (Lipinski definition) is 6. The van der Waals surface area contributed by atoms with Crippen molar-refractivity contribution in [2.45, 2.75) is 70.6 Å². The average molecular weight is 266 g/mol. The molecule has 6 nitrogen and oxygen atoms in total. The van der Waals surface area contributed by atoms with Gasteiger partial charge < -0.3 is 0 Å². The lowest BCUT2D eigenvalue weighted by Gasteiger charge is -2.01. The second-order valence-electron chi connectivity index (χ2n) is 4.98. The molecule has 1 aliphatic heterocycles. The molecule has 108 valence electrons. The average Bonchev–Trinajstić information content (AvgIpc) is 2.43. The first-order valence-corrected chi connectivity index (χ1v) is 7.63.